The third-order valence-corrected chi connectivity index (χ3v) is 3.57. The zero-order chi connectivity index (χ0) is 14.5. The number of aromatic nitrogens is 2. The Hall–Kier alpha value is -1.95. The summed E-state index contributed by atoms with van der Waals surface area (Å²) < 4.78 is 7.34. The highest BCUT2D eigenvalue weighted by Crippen LogP contribution is 2.24. The number of aryl methyl sites for hydroxylation is 1. The minimum absolute atomic E-state index is 0.00647. The molecule has 0 aliphatic heterocycles. The number of carbonyl (C=O) groups is 1. The van der Waals surface area contributed by atoms with Crippen molar-refractivity contribution in [3.8, 4) is 11.4 Å². The van der Waals surface area contributed by atoms with Crippen molar-refractivity contribution >= 4 is 17.7 Å². The lowest BCUT2D eigenvalue weighted by molar-refractivity contribution is -0.133. The second-order valence-electron chi connectivity index (χ2n) is 4.13. The Morgan fingerprint density at radius 1 is 1.40 bits per heavy atom. The molecular weight excluding hydrogens is 276 g/mol. The molecule has 0 bridgehead atoms. The molecule has 1 aromatic carbocycles. The van der Waals surface area contributed by atoms with Crippen LogP contribution in [0.3, 0.4) is 0 Å². The molecule has 0 radical (unpaired) electrons. The van der Waals surface area contributed by atoms with Crippen LogP contribution in [-0.4, -0.2) is 33.0 Å². The molecule has 2 rings (SSSR count). The van der Waals surface area contributed by atoms with Crippen LogP contribution in [0.15, 0.2) is 35.6 Å². The van der Waals surface area contributed by atoms with Gasteiger partial charge in [-0.1, -0.05) is 11.8 Å². The van der Waals surface area contributed by atoms with Crippen LogP contribution in [0, 0.1) is 6.92 Å². The van der Waals surface area contributed by atoms with Crippen molar-refractivity contribution in [3.05, 3.63) is 36.2 Å². The molecule has 2 aromatic rings. The van der Waals surface area contributed by atoms with Crippen LogP contribution in [0.2, 0.25) is 0 Å². The highest BCUT2D eigenvalue weighted by molar-refractivity contribution is 7.99. The molecule has 0 aliphatic rings. The predicted molar refractivity (Wildman–Crippen MR) is 77.8 cm³/mol. The van der Waals surface area contributed by atoms with Gasteiger partial charge in [-0.25, -0.2) is 4.98 Å². The zero-order valence-corrected chi connectivity index (χ0v) is 12.2. The molecule has 0 amide bonds. The minimum atomic E-state index is -0.853. The monoisotopic (exact) mass is 292 g/mol. The Morgan fingerprint density at radius 2 is 2.10 bits per heavy atom. The zero-order valence-electron chi connectivity index (χ0n) is 11.4. The van der Waals surface area contributed by atoms with Crippen molar-refractivity contribution in [1.29, 1.82) is 0 Å². The molecule has 0 atom stereocenters. The summed E-state index contributed by atoms with van der Waals surface area (Å²) in [5, 5.41) is 9.44. The number of hydrogen-bond donors (Lipinski definition) is 1. The minimum Gasteiger partial charge on any atom is -0.494 e. The Kier molecular flexibility index (Phi) is 4.68. The smallest absolute Gasteiger partial charge is 0.313 e. The van der Waals surface area contributed by atoms with E-state index in [1.807, 2.05) is 42.7 Å². The van der Waals surface area contributed by atoms with Crippen LogP contribution in [0.4, 0.5) is 0 Å². The topological polar surface area (TPSA) is 64.4 Å². The molecular formula is C14H16N2O3S. The van der Waals surface area contributed by atoms with E-state index in [4.69, 9.17) is 9.84 Å². The summed E-state index contributed by atoms with van der Waals surface area (Å²) in [5.41, 5.74) is 1.90. The highest BCUT2D eigenvalue weighted by Gasteiger charge is 2.11. The molecule has 0 aliphatic carbocycles. The first-order chi connectivity index (χ1) is 9.61. The lowest BCUT2D eigenvalue weighted by Gasteiger charge is -2.10. The van der Waals surface area contributed by atoms with Gasteiger partial charge in [0.15, 0.2) is 5.16 Å². The number of ether oxygens (including phenoxy) is 1. The Balaban J connectivity index is 2.26. The fraction of sp³-hybridized carbons (Fsp3) is 0.286. The van der Waals surface area contributed by atoms with Gasteiger partial charge in [-0.15, -0.1) is 0 Å². The molecule has 0 fully saturated rings. The summed E-state index contributed by atoms with van der Waals surface area (Å²) in [6.45, 7) is 4.51. The molecule has 1 heterocycles. The molecule has 0 spiro atoms. The maximum Gasteiger partial charge on any atom is 0.313 e. The molecule has 0 saturated carbocycles. The number of benzene rings is 1. The summed E-state index contributed by atoms with van der Waals surface area (Å²) in [4.78, 5) is 14.9. The Bertz CT molecular complexity index is 593. The van der Waals surface area contributed by atoms with Gasteiger partial charge in [0, 0.05) is 17.6 Å². The van der Waals surface area contributed by atoms with Crippen molar-refractivity contribution < 1.29 is 14.6 Å². The fourth-order valence-electron chi connectivity index (χ4n) is 1.82. The van der Waals surface area contributed by atoms with Crippen LogP contribution in [0.1, 0.15) is 12.6 Å². The van der Waals surface area contributed by atoms with Crippen LogP contribution in [0.5, 0.6) is 5.75 Å². The van der Waals surface area contributed by atoms with Crippen molar-refractivity contribution in [3.63, 3.8) is 0 Å². The summed E-state index contributed by atoms with van der Waals surface area (Å²) in [7, 11) is 0. The van der Waals surface area contributed by atoms with Crippen molar-refractivity contribution in [2.45, 2.75) is 19.0 Å². The first-order valence-corrected chi connectivity index (χ1v) is 7.22. The quantitative estimate of drug-likeness (QED) is 0.829. The number of rotatable bonds is 6. The maximum absolute atomic E-state index is 10.7. The van der Waals surface area contributed by atoms with Crippen molar-refractivity contribution in [2.24, 2.45) is 0 Å². The van der Waals surface area contributed by atoms with Gasteiger partial charge in [0.05, 0.1) is 12.4 Å². The molecule has 20 heavy (non-hydrogen) atoms. The number of aliphatic carboxylic acids is 1. The third kappa shape index (κ3) is 3.33. The van der Waals surface area contributed by atoms with Crippen LogP contribution >= 0.6 is 11.8 Å². The van der Waals surface area contributed by atoms with Gasteiger partial charge in [0.25, 0.3) is 0 Å². The maximum atomic E-state index is 10.7. The number of carboxylic acid groups (broad SMARTS) is 1. The van der Waals surface area contributed by atoms with E-state index >= 15 is 0 Å². The van der Waals surface area contributed by atoms with Gasteiger partial charge >= 0.3 is 5.97 Å². The van der Waals surface area contributed by atoms with E-state index in [0.717, 1.165) is 17.1 Å². The fourth-order valence-corrected chi connectivity index (χ4v) is 2.57. The molecule has 5 nitrogen and oxygen atoms in total. The predicted octanol–water partition coefficient (Wildman–Crippen LogP) is 2.76. The normalized spacial score (nSPS) is 10.5. The van der Waals surface area contributed by atoms with E-state index in [1.165, 1.54) is 11.8 Å². The third-order valence-electron chi connectivity index (χ3n) is 2.64. The average molecular weight is 292 g/mol. The first-order valence-electron chi connectivity index (χ1n) is 6.24. The Morgan fingerprint density at radius 3 is 2.70 bits per heavy atom. The lowest BCUT2D eigenvalue weighted by Crippen LogP contribution is -2.03. The van der Waals surface area contributed by atoms with Gasteiger partial charge in [-0.3, -0.25) is 9.36 Å². The van der Waals surface area contributed by atoms with Crippen molar-refractivity contribution in [2.75, 3.05) is 12.4 Å². The van der Waals surface area contributed by atoms with Gasteiger partial charge in [-0.05, 0) is 38.1 Å². The van der Waals surface area contributed by atoms with E-state index in [2.05, 4.69) is 4.98 Å². The largest absolute Gasteiger partial charge is 0.494 e. The van der Waals surface area contributed by atoms with Gasteiger partial charge in [0.2, 0.25) is 0 Å². The SMILES string of the molecule is CCOc1ccc(-n2c(C)cnc2SCC(=O)O)cc1. The van der Waals surface area contributed by atoms with Crippen LogP contribution in [0.25, 0.3) is 5.69 Å². The summed E-state index contributed by atoms with van der Waals surface area (Å²) in [6, 6.07) is 7.66. The van der Waals surface area contributed by atoms with Gasteiger partial charge in [-0.2, -0.15) is 0 Å². The average Bonchev–Trinajstić information content (AvgIpc) is 2.79. The van der Waals surface area contributed by atoms with Crippen molar-refractivity contribution in [1.82, 2.24) is 9.55 Å². The number of carboxylic acids is 1. The number of nitrogens with zero attached hydrogens (tertiary/aromatic N) is 2. The summed E-state index contributed by atoms with van der Waals surface area (Å²) >= 11 is 1.21. The molecule has 0 saturated heterocycles. The second-order valence-corrected chi connectivity index (χ2v) is 5.07. The van der Waals surface area contributed by atoms with Crippen LogP contribution in [-0.2, 0) is 4.79 Å². The summed E-state index contributed by atoms with van der Waals surface area (Å²) in [6.07, 6.45) is 1.74. The highest BCUT2D eigenvalue weighted by atomic mass is 32.2. The number of hydrogen-bond acceptors (Lipinski definition) is 4. The van der Waals surface area contributed by atoms with E-state index < -0.39 is 5.97 Å². The molecule has 0 unspecified atom stereocenters. The summed E-state index contributed by atoms with van der Waals surface area (Å²) in [5.74, 6) is -0.0457. The number of thioether (sulfide) groups is 1. The second kappa shape index (κ2) is 6.47. The molecule has 6 heteroatoms. The van der Waals surface area contributed by atoms with E-state index in [-0.39, 0.29) is 5.75 Å². The van der Waals surface area contributed by atoms with E-state index in [9.17, 15) is 4.79 Å². The standard InChI is InChI=1S/C14H16N2O3S/c1-3-19-12-6-4-11(5-7-12)16-10(2)8-15-14(16)20-9-13(17)18/h4-8H,3,9H2,1-2H3,(H,17,18). The molecule has 106 valence electrons. The molecule has 1 aromatic heterocycles. The van der Waals surface area contributed by atoms with Gasteiger partial charge in [0.1, 0.15) is 5.75 Å². The lowest BCUT2D eigenvalue weighted by atomic mass is 10.3. The Labute approximate surface area is 121 Å². The molecule has 1 N–H and O–H groups in total. The van der Waals surface area contributed by atoms with Crippen LogP contribution < -0.4 is 4.74 Å². The van der Waals surface area contributed by atoms with E-state index in [1.54, 1.807) is 6.20 Å². The van der Waals surface area contributed by atoms with E-state index in [0.29, 0.717) is 11.8 Å². The van der Waals surface area contributed by atoms with Gasteiger partial charge < -0.3 is 9.84 Å². The first kappa shape index (κ1) is 14.5. The number of imidazole rings is 1.